The van der Waals surface area contributed by atoms with Gasteiger partial charge in [0.05, 0.1) is 0 Å². The van der Waals surface area contributed by atoms with Crippen LogP contribution in [0.25, 0.3) is 0 Å². The zero-order valence-electron chi connectivity index (χ0n) is 11.9. The summed E-state index contributed by atoms with van der Waals surface area (Å²) < 4.78 is 5.28. The first-order chi connectivity index (χ1) is 9.08. The van der Waals surface area contributed by atoms with Gasteiger partial charge in [0.1, 0.15) is 6.10 Å². The summed E-state index contributed by atoms with van der Waals surface area (Å²) in [5.41, 5.74) is -0.513. The van der Waals surface area contributed by atoms with E-state index in [9.17, 15) is 9.90 Å². The molecule has 19 heavy (non-hydrogen) atoms. The molecule has 106 valence electrons. The molecule has 3 heteroatoms. The Balaban J connectivity index is 2.78. The lowest BCUT2D eigenvalue weighted by atomic mass is 9.83. The second-order valence-electron chi connectivity index (χ2n) is 4.93. The van der Waals surface area contributed by atoms with E-state index in [1.807, 2.05) is 0 Å². The second-order valence-corrected chi connectivity index (χ2v) is 4.93. The van der Waals surface area contributed by atoms with Crippen LogP contribution in [-0.2, 0) is 9.53 Å². The monoisotopic (exact) mass is 264 g/mol. The van der Waals surface area contributed by atoms with Crippen molar-refractivity contribution in [3.05, 3.63) is 36.5 Å². The Labute approximate surface area is 115 Å². The topological polar surface area (TPSA) is 46.5 Å². The molecule has 1 aliphatic rings. The van der Waals surface area contributed by atoms with Gasteiger partial charge in [-0.25, -0.2) is 0 Å². The molecule has 2 unspecified atom stereocenters. The molecule has 1 aliphatic carbocycles. The van der Waals surface area contributed by atoms with Crippen molar-refractivity contribution >= 4 is 5.78 Å². The van der Waals surface area contributed by atoms with Gasteiger partial charge in [0, 0.05) is 13.5 Å². The van der Waals surface area contributed by atoms with Gasteiger partial charge in [0.15, 0.2) is 11.4 Å². The lowest BCUT2D eigenvalue weighted by Crippen LogP contribution is -2.49. The fourth-order valence-corrected chi connectivity index (χ4v) is 2.24. The van der Waals surface area contributed by atoms with Crippen LogP contribution in [0, 0.1) is 0 Å². The molecule has 2 atom stereocenters. The highest BCUT2D eigenvalue weighted by Gasteiger charge is 2.41. The van der Waals surface area contributed by atoms with E-state index in [-0.39, 0.29) is 5.78 Å². The number of Topliss-reactive ketones (excluding diaryl/α,β-unsaturated/α-hetero) is 1. The van der Waals surface area contributed by atoms with Crippen molar-refractivity contribution in [3.63, 3.8) is 0 Å². The van der Waals surface area contributed by atoms with E-state index < -0.39 is 11.7 Å². The number of carbonyl (C=O) groups is 1. The molecule has 0 amide bonds. The number of methoxy groups -OCH3 is 1. The van der Waals surface area contributed by atoms with Crippen molar-refractivity contribution in [3.8, 4) is 0 Å². The molecule has 3 nitrogen and oxygen atoms in total. The van der Waals surface area contributed by atoms with E-state index >= 15 is 0 Å². The van der Waals surface area contributed by atoms with Crippen LogP contribution in [0.1, 0.15) is 39.0 Å². The Morgan fingerprint density at radius 2 is 2.32 bits per heavy atom. The molecular formula is C16H24O3. The summed E-state index contributed by atoms with van der Waals surface area (Å²) in [6.07, 6.45) is 10.3. The van der Waals surface area contributed by atoms with E-state index in [0.29, 0.717) is 12.8 Å². The second kappa shape index (κ2) is 7.41. The van der Waals surface area contributed by atoms with Crippen LogP contribution in [0.2, 0.25) is 0 Å². The van der Waals surface area contributed by atoms with Crippen LogP contribution in [0.4, 0.5) is 0 Å². The molecule has 0 radical (unpaired) electrons. The summed E-state index contributed by atoms with van der Waals surface area (Å²) in [5.74, 6) is -0.169. The first-order valence-corrected chi connectivity index (χ1v) is 6.87. The largest absolute Gasteiger partial charge is 0.375 e. The van der Waals surface area contributed by atoms with Crippen molar-refractivity contribution in [1.29, 1.82) is 0 Å². The van der Waals surface area contributed by atoms with Crippen LogP contribution < -0.4 is 0 Å². The fraction of sp³-hybridized carbons (Fsp3) is 0.562. The molecule has 0 saturated heterocycles. The van der Waals surface area contributed by atoms with Gasteiger partial charge >= 0.3 is 0 Å². The highest BCUT2D eigenvalue weighted by molar-refractivity contribution is 5.90. The third-order valence-corrected chi connectivity index (χ3v) is 3.44. The minimum atomic E-state index is -1.52. The first kappa shape index (κ1) is 15.9. The van der Waals surface area contributed by atoms with E-state index in [0.717, 1.165) is 24.8 Å². The Kier molecular flexibility index (Phi) is 6.19. The quantitative estimate of drug-likeness (QED) is 0.541. The summed E-state index contributed by atoms with van der Waals surface area (Å²) in [4.78, 5) is 12.2. The molecule has 0 bridgehead atoms. The number of ketones is 1. The van der Waals surface area contributed by atoms with Crippen molar-refractivity contribution in [2.24, 2.45) is 0 Å². The highest BCUT2D eigenvalue weighted by Crippen LogP contribution is 2.28. The minimum absolute atomic E-state index is 0.169. The summed E-state index contributed by atoms with van der Waals surface area (Å²) in [6, 6.07) is 0. The zero-order chi connectivity index (χ0) is 14.3. The Morgan fingerprint density at radius 1 is 1.58 bits per heavy atom. The molecule has 1 rings (SSSR count). The molecule has 0 heterocycles. The lowest BCUT2D eigenvalue weighted by Gasteiger charge is -2.32. The average molecular weight is 264 g/mol. The van der Waals surface area contributed by atoms with Crippen LogP contribution in [0.15, 0.2) is 36.5 Å². The van der Waals surface area contributed by atoms with E-state index in [1.165, 1.54) is 7.11 Å². The maximum atomic E-state index is 12.2. The van der Waals surface area contributed by atoms with Crippen LogP contribution >= 0.6 is 0 Å². The number of hydrogen-bond acceptors (Lipinski definition) is 3. The summed E-state index contributed by atoms with van der Waals surface area (Å²) in [7, 11) is 1.51. The number of carbonyl (C=O) groups excluding carboxylic acids is 1. The van der Waals surface area contributed by atoms with Crippen molar-refractivity contribution in [2.45, 2.75) is 50.7 Å². The van der Waals surface area contributed by atoms with Crippen molar-refractivity contribution in [1.82, 2.24) is 0 Å². The predicted octanol–water partition coefficient (Wildman–Crippen LogP) is 2.95. The zero-order valence-corrected chi connectivity index (χ0v) is 11.9. The molecule has 0 aromatic carbocycles. The molecule has 1 N–H and O–H groups in total. The van der Waals surface area contributed by atoms with Gasteiger partial charge in [-0.1, -0.05) is 31.9 Å². The molecule has 0 aliphatic heterocycles. The number of hydrogen-bond donors (Lipinski definition) is 1. The van der Waals surface area contributed by atoms with E-state index in [2.05, 4.69) is 13.5 Å². The minimum Gasteiger partial charge on any atom is -0.375 e. The fourth-order valence-electron chi connectivity index (χ4n) is 2.24. The third-order valence-electron chi connectivity index (χ3n) is 3.44. The van der Waals surface area contributed by atoms with Gasteiger partial charge in [0.25, 0.3) is 0 Å². The van der Waals surface area contributed by atoms with Crippen LogP contribution in [0.3, 0.4) is 0 Å². The Morgan fingerprint density at radius 3 is 2.89 bits per heavy atom. The highest BCUT2D eigenvalue weighted by atomic mass is 16.5. The summed E-state index contributed by atoms with van der Waals surface area (Å²) in [6.45, 7) is 5.77. The smallest absolute Gasteiger partial charge is 0.171 e. The van der Waals surface area contributed by atoms with Crippen LogP contribution in [-0.4, -0.2) is 29.7 Å². The number of allylic oxidation sites excluding steroid dienone is 3. The first-order valence-electron chi connectivity index (χ1n) is 6.87. The number of ether oxygens (including phenoxy) is 1. The average Bonchev–Trinajstić information content (AvgIpc) is 2.41. The van der Waals surface area contributed by atoms with Gasteiger partial charge in [-0.05, 0) is 30.6 Å². The van der Waals surface area contributed by atoms with Gasteiger partial charge in [0.2, 0.25) is 0 Å². The van der Waals surface area contributed by atoms with E-state index in [1.54, 1.807) is 24.3 Å². The Bertz CT molecular complexity index is 381. The number of aliphatic hydroxyl groups is 1. The van der Waals surface area contributed by atoms with E-state index in [4.69, 9.17) is 4.74 Å². The lowest BCUT2D eigenvalue weighted by molar-refractivity contribution is -0.142. The third kappa shape index (κ3) is 3.88. The molecule has 0 fully saturated rings. The van der Waals surface area contributed by atoms with Gasteiger partial charge in [-0.15, -0.1) is 6.58 Å². The molecule has 0 saturated carbocycles. The van der Waals surface area contributed by atoms with Crippen molar-refractivity contribution in [2.75, 3.05) is 7.11 Å². The molecular weight excluding hydrogens is 240 g/mol. The summed E-state index contributed by atoms with van der Waals surface area (Å²) in [5, 5.41) is 10.6. The number of rotatable bonds is 8. The predicted molar refractivity (Wildman–Crippen MR) is 76.9 cm³/mol. The summed E-state index contributed by atoms with van der Waals surface area (Å²) >= 11 is 0. The maximum Gasteiger partial charge on any atom is 0.171 e. The number of unbranched alkanes of at least 4 members (excludes halogenated alkanes) is 2. The maximum absolute atomic E-state index is 12.2. The normalized spacial score (nSPS) is 26.1. The SMILES string of the molecule is C=CCC1=CC(OC)C(O)(C(=O)CCCCC)C=C1. The standard InChI is InChI=1S/C16H24O3/c1-4-6-7-9-14(17)16(18)11-10-13(8-5-2)12-15(16)19-3/h5,10-12,15,18H,2,4,6-9H2,1,3H3. The van der Waals surface area contributed by atoms with Crippen molar-refractivity contribution < 1.29 is 14.6 Å². The van der Waals surface area contributed by atoms with Crippen LogP contribution in [0.5, 0.6) is 0 Å². The molecule has 0 spiro atoms. The Hall–Kier alpha value is -1.19. The van der Waals surface area contributed by atoms with Gasteiger partial charge in [-0.2, -0.15) is 0 Å². The molecule has 0 aromatic rings. The van der Waals surface area contributed by atoms with Gasteiger partial charge < -0.3 is 9.84 Å². The van der Waals surface area contributed by atoms with Gasteiger partial charge in [-0.3, -0.25) is 4.79 Å². The molecule has 0 aromatic heterocycles.